The Balaban J connectivity index is 0.000000221. The van der Waals surface area contributed by atoms with Gasteiger partial charge in [0.1, 0.15) is 0 Å². The lowest BCUT2D eigenvalue weighted by Crippen LogP contribution is -2.20. The third-order valence-electron chi connectivity index (χ3n) is 4.04. The summed E-state index contributed by atoms with van der Waals surface area (Å²) < 4.78 is 0. The topological polar surface area (TPSA) is 0 Å². The van der Waals surface area contributed by atoms with Crippen LogP contribution in [-0.4, -0.2) is 0 Å². The van der Waals surface area contributed by atoms with Gasteiger partial charge in [-0.25, -0.2) is 0 Å². The maximum atomic E-state index is 3.36. The van der Waals surface area contributed by atoms with Crippen LogP contribution in [0.15, 0.2) is 121 Å². The summed E-state index contributed by atoms with van der Waals surface area (Å²) in [7, 11) is -0.446. The molecule has 0 nitrogen and oxygen atoms in total. The molecule has 0 fully saturated rings. The molecule has 0 heterocycles. The van der Waals surface area contributed by atoms with E-state index in [4.69, 9.17) is 0 Å². The number of hydrogen-bond acceptors (Lipinski definition) is 0. The summed E-state index contributed by atoms with van der Waals surface area (Å²) in [5.41, 5.74) is 1.33. The molecule has 4 aromatic carbocycles. The zero-order valence-corrected chi connectivity index (χ0v) is 17.6. The van der Waals surface area contributed by atoms with Crippen LogP contribution in [0, 0.1) is 0 Å². The van der Waals surface area contributed by atoms with Gasteiger partial charge in [0.15, 0.2) is 0 Å². The molecule has 0 atom stereocenters. The van der Waals surface area contributed by atoms with Gasteiger partial charge in [0.25, 0.3) is 0 Å². The van der Waals surface area contributed by atoms with Crippen LogP contribution in [-0.2, 0) is 5.33 Å². The van der Waals surface area contributed by atoms with Gasteiger partial charge in [-0.2, -0.15) is 0 Å². The number of hydrogen-bond donors (Lipinski definition) is 0. The van der Waals surface area contributed by atoms with Gasteiger partial charge in [0, 0.05) is 5.33 Å². The van der Waals surface area contributed by atoms with E-state index < -0.39 is 7.92 Å². The highest BCUT2D eigenvalue weighted by Crippen LogP contribution is 2.32. The van der Waals surface area contributed by atoms with E-state index in [0.29, 0.717) is 0 Å². The largest absolute Gasteiger partial charge is 0.0876 e. The van der Waals surface area contributed by atoms with E-state index >= 15 is 0 Å². The van der Waals surface area contributed by atoms with Crippen LogP contribution in [0.2, 0.25) is 0 Å². The molecule has 0 aliphatic heterocycles. The van der Waals surface area contributed by atoms with Crippen LogP contribution >= 0.6 is 23.9 Å². The molecular formula is C25H22BrP. The van der Waals surface area contributed by atoms with E-state index in [1.165, 1.54) is 21.5 Å². The van der Waals surface area contributed by atoms with Gasteiger partial charge >= 0.3 is 0 Å². The summed E-state index contributed by atoms with van der Waals surface area (Å²) in [5.74, 6) is 0. The quantitative estimate of drug-likeness (QED) is 0.273. The molecule has 0 unspecified atom stereocenters. The number of benzene rings is 4. The van der Waals surface area contributed by atoms with Crippen molar-refractivity contribution >= 4 is 39.8 Å². The first-order valence-corrected chi connectivity index (χ1v) is 11.4. The van der Waals surface area contributed by atoms with Crippen molar-refractivity contribution in [1.29, 1.82) is 0 Å². The highest BCUT2D eigenvalue weighted by atomic mass is 79.9. The molecule has 2 heteroatoms. The number of alkyl halides is 1. The first-order chi connectivity index (χ1) is 13.4. The molecule has 0 aliphatic carbocycles. The Kier molecular flexibility index (Phi) is 7.84. The van der Waals surface area contributed by atoms with E-state index in [-0.39, 0.29) is 0 Å². The molecule has 0 radical (unpaired) electrons. The fourth-order valence-electron chi connectivity index (χ4n) is 2.75. The number of halogens is 1. The average molecular weight is 433 g/mol. The monoisotopic (exact) mass is 432 g/mol. The first-order valence-electron chi connectivity index (χ1n) is 8.93. The zero-order valence-electron chi connectivity index (χ0n) is 15.1. The number of rotatable bonds is 4. The highest BCUT2D eigenvalue weighted by Gasteiger charge is 2.14. The maximum absolute atomic E-state index is 3.36. The van der Waals surface area contributed by atoms with Crippen molar-refractivity contribution in [1.82, 2.24) is 0 Å². The smallest absolute Gasteiger partial charge is 0.0283 e. The normalized spacial score (nSPS) is 10.1. The van der Waals surface area contributed by atoms with Crippen molar-refractivity contribution in [3.63, 3.8) is 0 Å². The van der Waals surface area contributed by atoms with E-state index in [0.717, 1.165) is 5.33 Å². The molecule has 0 amide bonds. The summed E-state index contributed by atoms with van der Waals surface area (Å²) >= 11 is 3.36. The van der Waals surface area contributed by atoms with E-state index in [2.05, 4.69) is 119 Å². The van der Waals surface area contributed by atoms with Gasteiger partial charge in [-0.05, 0) is 29.4 Å². The maximum Gasteiger partial charge on any atom is 0.0283 e. The summed E-state index contributed by atoms with van der Waals surface area (Å²) in [6, 6.07) is 42.6. The fourth-order valence-corrected chi connectivity index (χ4v) is 5.42. The molecule has 0 aliphatic rings. The van der Waals surface area contributed by atoms with Crippen molar-refractivity contribution in [2.24, 2.45) is 0 Å². The van der Waals surface area contributed by atoms with Crippen molar-refractivity contribution < 1.29 is 0 Å². The van der Waals surface area contributed by atoms with Gasteiger partial charge in [0.05, 0.1) is 0 Å². The summed E-state index contributed by atoms with van der Waals surface area (Å²) in [6.45, 7) is 0. The molecule has 0 saturated heterocycles. The Labute approximate surface area is 171 Å². The van der Waals surface area contributed by atoms with Gasteiger partial charge in [0.2, 0.25) is 0 Å². The third-order valence-corrected chi connectivity index (χ3v) is 7.13. The molecule has 4 rings (SSSR count). The Morgan fingerprint density at radius 2 is 0.741 bits per heavy atom. The molecule has 0 spiro atoms. The fraction of sp³-hybridized carbons (Fsp3) is 0.0400. The summed E-state index contributed by atoms with van der Waals surface area (Å²) in [5, 5.41) is 5.15. The van der Waals surface area contributed by atoms with Crippen LogP contribution < -0.4 is 15.9 Å². The van der Waals surface area contributed by atoms with Crippen LogP contribution in [0.4, 0.5) is 0 Å². The molecule has 4 aromatic rings. The van der Waals surface area contributed by atoms with Crippen molar-refractivity contribution in [3.05, 3.63) is 127 Å². The Bertz CT molecular complexity index is 800. The average Bonchev–Trinajstić information content (AvgIpc) is 2.77. The van der Waals surface area contributed by atoms with Gasteiger partial charge in [-0.1, -0.05) is 137 Å². The van der Waals surface area contributed by atoms with Crippen molar-refractivity contribution in [3.8, 4) is 0 Å². The Hall–Kier alpha value is -2.21. The van der Waals surface area contributed by atoms with E-state index in [1.54, 1.807) is 0 Å². The SMILES string of the molecule is BrCc1ccccc1.c1ccc(P(c2ccccc2)c2ccccc2)cc1. The Morgan fingerprint density at radius 3 is 1.00 bits per heavy atom. The van der Waals surface area contributed by atoms with Crippen LogP contribution in [0.1, 0.15) is 5.56 Å². The molecule has 0 saturated carbocycles. The van der Waals surface area contributed by atoms with Crippen LogP contribution in [0.3, 0.4) is 0 Å². The first kappa shape index (κ1) is 19.5. The van der Waals surface area contributed by atoms with Gasteiger partial charge in [-0.3, -0.25) is 0 Å². The summed E-state index contributed by atoms with van der Waals surface area (Å²) in [4.78, 5) is 0. The minimum absolute atomic E-state index is 0.446. The lowest BCUT2D eigenvalue weighted by Gasteiger charge is -2.18. The van der Waals surface area contributed by atoms with Crippen LogP contribution in [0.25, 0.3) is 0 Å². The van der Waals surface area contributed by atoms with Gasteiger partial charge < -0.3 is 0 Å². The predicted molar refractivity (Wildman–Crippen MR) is 124 cm³/mol. The van der Waals surface area contributed by atoms with E-state index in [1.807, 2.05) is 18.2 Å². The second-order valence-electron chi connectivity index (χ2n) is 5.96. The van der Waals surface area contributed by atoms with Crippen molar-refractivity contribution in [2.75, 3.05) is 0 Å². The molecule has 134 valence electrons. The second kappa shape index (κ2) is 10.8. The highest BCUT2D eigenvalue weighted by molar-refractivity contribution is 9.08. The van der Waals surface area contributed by atoms with Crippen LogP contribution in [0.5, 0.6) is 0 Å². The molecular weight excluding hydrogens is 411 g/mol. The molecule has 0 bridgehead atoms. The van der Waals surface area contributed by atoms with E-state index in [9.17, 15) is 0 Å². The zero-order chi connectivity index (χ0) is 18.7. The standard InChI is InChI=1S/C18H15P.C7H7Br/c1-4-10-16(11-5-1)19(17-12-6-2-7-13-17)18-14-8-3-9-15-18;8-6-7-4-2-1-3-5-7/h1-15H;1-5H,6H2. The Morgan fingerprint density at radius 1 is 0.444 bits per heavy atom. The molecule has 0 aromatic heterocycles. The lowest BCUT2D eigenvalue weighted by atomic mass is 10.2. The minimum Gasteiger partial charge on any atom is -0.0876 e. The minimum atomic E-state index is -0.446. The second-order valence-corrected chi connectivity index (χ2v) is 8.74. The summed E-state index contributed by atoms with van der Waals surface area (Å²) in [6.07, 6.45) is 0. The predicted octanol–water partition coefficient (Wildman–Crippen LogP) is 6.03. The third kappa shape index (κ3) is 5.89. The lowest BCUT2D eigenvalue weighted by molar-refractivity contribution is 1.44. The molecule has 27 heavy (non-hydrogen) atoms. The van der Waals surface area contributed by atoms with Gasteiger partial charge in [-0.15, -0.1) is 0 Å². The molecule has 0 N–H and O–H groups in total. The van der Waals surface area contributed by atoms with Crippen molar-refractivity contribution in [2.45, 2.75) is 5.33 Å².